The molecular weight excluding hydrogens is 301 g/mol. The molecule has 0 bridgehead atoms. The third-order valence-corrected chi connectivity index (χ3v) is 4.65. The summed E-state index contributed by atoms with van der Waals surface area (Å²) in [6.07, 6.45) is 5.54. The maximum Gasteiger partial charge on any atom is 0.147 e. The summed E-state index contributed by atoms with van der Waals surface area (Å²) in [4.78, 5) is 11.6. The van der Waals surface area contributed by atoms with Crippen LogP contribution < -0.4 is 4.90 Å². The Kier molecular flexibility index (Phi) is 3.89. The van der Waals surface area contributed by atoms with Crippen LogP contribution in [0.5, 0.6) is 0 Å². The predicted molar refractivity (Wildman–Crippen MR) is 95.7 cm³/mol. The van der Waals surface area contributed by atoms with Gasteiger partial charge in [0.2, 0.25) is 0 Å². The molecule has 2 heterocycles. The lowest BCUT2D eigenvalue weighted by Gasteiger charge is -2.27. The molecule has 0 spiro atoms. The van der Waals surface area contributed by atoms with E-state index in [9.17, 15) is 4.39 Å². The summed E-state index contributed by atoms with van der Waals surface area (Å²) in [6, 6.07) is 11.1. The van der Waals surface area contributed by atoms with Crippen LogP contribution in [0.3, 0.4) is 0 Å². The Hall–Kier alpha value is -2.49. The maximum atomic E-state index is 14.3. The third-order valence-electron chi connectivity index (χ3n) is 4.65. The zero-order valence-electron chi connectivity index (χ0n) is 13.8. The Morgan fingerprint density at radius 2 is 1.79 bits per heavy atom. The first-order valence-electron chi connectivity index (χ1n) is 8.49. The van der Waals surface area contributed by atoms with Crippen LogP contribution >= 0.6 is 0 Å². The van der Waals surface area contributed by atoms with E-state index in [1.54, 1.807) is 6.07 Å². The van der Waals surface area contributed by atoms with Crippen molar-refractivity contribution in [3.8, 4) is 11.1 Å². The van der Waals surface area contributed by atoms with Crippen LogP contribution in [-0.2, 0) is 0 Å². The van der Waals surface area contributed by atoms with Gasteiger partial charge in [-0.15, -0.1) is 0 Å². The van der Waals surface area contributed by atoms with Gasteiger partial charge in [-0.05, 0) is 55.5 Å². The Bertz CT molecular complexity index is 885. The molecule has 0 saturated carbocycles. The van der Waals surface area contributed by atoms with E-state index in [1.165, 1.54) is 19.3 Å². The SMILES string of the molecule is Cc1ccc(-c2ccc3ncc(N4CCCCC4)nc3c2)c(F)c1. The largest absolute Gasteiger partial charge is 0.355 e. The number of nitrogens with zero attached hydrogens (tertiary/aromatic N) is 3. The number of piperidine rings is 1. The van der Waals surface area contributed by atoms with Gasteiger partial charge in [-0.1, -0.05) is 18.2 Å². The lowest BCUT2D eigenvalue weighted by Crippen LogP contribution is -2.30. The van der Waals surface area contributed by atoms with Crippen LogP contribution in [0.2, 0.25) is 0 Å². The van der Waals surface area contributed by atoms with Crippen molar-refractivity contribution in [1.82, 2.24) is 9.97 Å². The average molecular weight is 321 g/mol. The first-order valence-corrected chi connectivity index (χ1v) is 8.49. The molecule has 0 atom stereocenters. The van der Waals surface area contributed by atoms with Crippen LogP contribution in [0.4, 0.5) is 10.2 Å². The second kappa shape index (κ2) is 6.19. The lowest BCUT2D eigenvalue weighted by molar-refractivity contribution is 0.573. The van der Waals surface area contributed by atoms with E-state index in [2.05, 4.69) is 9.88 Å². The number of aromatic nitrogens is 2. The molecule has 2 aromatic carbocycles. The van der Waals surface area contributed by atoms with E-state index in [1.807, 2.05) is 43.5 Å². The highest BCUT2D eigenvalue weighted by Crippen LogP contribution is 2.27. The summed E-state index contributed by atoms with van der Waals surface area (Å²) in [7, 11) is 0. The Morgan fingerprint density at radius 1 is 0.958 bits per heavy atom. The molecule has 24 heavy (non-hydrogen) atoms. The Labute approximate surface area is 141 Å². The highest BCUT2D eigenvalue weighted by molar-refractivity contribution is 5.82. The molecule has 0 unspecified atom stereocenters. The summed E-state index contributed by atoms with van der Waals surface area (Å²) in [5, 5.41) is 0. The van der Waals surface area contributed by atoms with Crippen LogP contribution in [0, 0.1) is 12.7 Å². The summed E-state index contributed by atoms with van der Waals surface area (Å²) in [5.41, 5.74) is 4.02. The van der Waals surface area contributed by atoms with E-state index >= 15 is 0 Å². The minimum Gasteiger partial charge on any atom is -0.355 e. The van der Waals surface area contributed by atoms with Crippen molar-refractivity contribution in [2.24, 2.45) is 0 Å². The number of benzene rings is 2. The molecule has 122 valence electrons. The standard InChI is InChI=1S/C20H20FN3/c1-14-5-7-16(17(21)11-14)15-6-8-18-19(12-15)23-20(13-22-18)24-9-3-2-4-10-24/h5-8,11-13H,2-4,9-10H2,1H3. The van der Waals surface area contributed by atoms with Crippen molar-refractivity contribution >= 4 is 16.9 Å². The van der Waals surface area contributed by atoms with E-state index in [4.69, 9.17) is 4.98 Å². The Balaban J connectivity index is 1.75. The van der Waals surface area contributed by atoms with Gasteiger partial charge in [-0.25, -0.2) is 9.37 Å². The van der Waals surface area contributed by atoms with Crippen LogP contribution in [-0.4, -0.2) is 23.1 Å². The number of hydrogen-bond acceptors (Lipinski definition) is 3. The lowest BCUT2D eigenvalue weighted by atomic mass is 10.0. The fourth-order valence-corrected chi connectivity index (χ4v) is 3.30. The number of hydrogen-bond donors (Lipinski definition) is 0. The van der Waals surface area contributed by atoms with Gasteiger partial charge in [0.1, 0.15) is 11.6 Å². The first-order chi connectivity index (χ1) is 11.7. The third kappa shape index (κ3) is 2.84. The zero-order valence-corrected chi connectivity index (χ0v) is 13.8. The van der Waals surface area contributed by atoms with Gasteiger partial charge in [-0.3, -0.25) is 4.98 Å². The van der Waals surface area contributed by atoms with Crippen molar-refractivity contribution in [2.45, 2.75) is 26.2 Å². The van der Waals surface area contributed by atoms with E-state index in [0.717, 1.165) is 41.1 Å². The van der Waals surface area contributed by atoms with E-state index < -0.39 is 0 Å². The quantitative estimate of drug-likeness (QED) is 0.683. The molecule has 0 amide bonds. The molecule has 3 nitrogen and oxygen atoms in total. The Morgan fingerprint density at radius 3 is 2.58 bits per heavy atom. The smallest absolute Gasteiger partial charge is 0.147 e. The van der Waals surface area contributed by atoms with Crippen molar-refractivity contribution in [2.75, 3.05) is 18.0 Å². The number of anilines is 1. The fourth-order valence-electron chi connectivity index (χ4n) is 3.30. The van der Waals surface area contributed by atoms with Crippen molar-refractivity contribution < 1.29 is 4.39 Å². The molecule has 1 aliphatic rings. The summed E-state index contributed by atoms with van der Waals surface area (Å²) < 4.78 is 14.3. The van der Waals surface area contributed by atoms with Gasteiger partial charge in [0.05, 0.1) is 17.2 Å². The van der Waals surface area contributed by atoms with E-state index in [-0.39, 0.29) is 5.82 Å². The molecule has 0 radical (unpaired) electrons. The van der Waals surface area contributed by atoms with Gasteiger partial charge in [0, 0.05) is 18.7 Å². The maximum absolute atomic E-state index is 14.3. The molecule has 4 rings (SSSR count). The van der Waals surface area contributed by atoms with Crippen molar-refractivity contribution in [1.29, 1.82) is 0 Å². The van der Waals surface area contributed by atoms with Gasteiger partial charge in [0.25, 0.3) is 0 Å². The monoisotopic (exact) mass is 321 g/mol. The van der Waals surface area contributed by atoms with Crippen LogP contribution in [0.1, 0.15) is 24.8 Å². The normalized spacial score (nSPS) is 15.0. The predicted octanol–water partition coefficient (Wildman–Crippen LogP) is 4.73. The second-order valence-corrected chi connectivity index (χ2v) is 6.46. The summed E-state index contributed by atoms with van der Waals surface area (Å²) in [6.45, 7) is 3.96. The molecule has 4 heteroatoms. The van der Waals surface area contributed by atoms with Gasteiger partial charge >= 0.3 is 0 Å². The average Bonchev–Trinajstić information content (AvgIpc) is 2.61. The molecule has 0 aliphatic carbocycles. The second-order valence-electron chi connectivity index (χ2n) is 6.46. The fraction of sp³-hybridized carbons (Fsp3) is 0.300. The molecule has 1 fully saturated rings. The van der Waals surface area contributed by atoms with Crippen molar-refractivity contribution in [3.05, 3.63) is 54.0 Å². The van der Waals surface area contributed by atoms with Crippen molar-refractivity contribution in [3.63, 3.8) is 0 Å². The van der Waals surface area contributed by atoms with Gasteiger partial charge in [-0.2, -0.15) is 0 Å². The number of halogens is 1. The number of rotatable bonds is 2. The number of aryl methyl sites for hydroxylation is 1. The van der Waals surface area contributed by atoms with Gasteiger partial charge in [0.15, 0.2) is 0 Å². The summed E-state index contributed by atoms with van der Waals surface area (Å²) in [5.74, 6) is 0.721. The number of fused-ring (bicyclic) bond motifs is 1. The minimum absolute atomic E-state index is 0.200. The first kappa shape index (κ1) is 15.1. The van der Waals surface area contributed by atoms with Crippen LogP contribution in [0.25, 0.3) is 22.2 Å². The molecule has 1 saturated heterocycles. The molecular formula is C20H20FN3. The molecule has 1 aliphatic heterocycles. The summed E-state index contributed by atoms with van der Waals surface area (Å²) >= 11 is 0. The minimum atomic E-state index is -0.200. The highest BCUT2D eigenvalue weighted by atomic mass is 19.1. The van der Waals surface area contributed by atoms with Gasteiger partial charge < -0.3 is 4.90 Å². The molecule has 3 aromatic rings. The molecule has 0 N–H and O–H groups in total. The zero-order chi connectivity index (χ0) is 16.5. The highest BCUT2D eigenvalue weighted by Gasteiger charge is 2.13. The molecule has 1 aromatic heterocycles. The van der Waals surface area contributed by atoms with E-state index in [0.29, 0.717) is 5.56 Å². The van der Waals surface area contributed by atoms with Crippen LogP contribution in [0.15, 0.2) is 42.6 Å². The topological polar surface area (TPSA) is 29.0 Å².